The van der Waals surface area contributed by atoms with Crippen molar-refractivity contribution in [1.82, 2.24) is 14.8 Å². The quantitative estimate of drug-likeness (QED) is 0.843. The molecule has 0 amide bonds. The van der Waals surface area contributed by atoms with Gasteiger partial charge in [0.15, 0.2) is 0 Å². The molecule has 7 nitrogen and oxygen atoms in total. The van der Waals surface area contributed by atoms with Gasteiger partial charge in [-0.3, -0.25) is 0 Å². The van der Waals surface area contributed by atoms with Crippen molar-refractivity contribution in [2.75, 3.05) is 14.2 Å². The molecule has 1 unspecified atom stereocenters. The van der Waals surface area contributed by atoms with Crippen LogP contribution in [-0.4, -0.2) is 40.1 Å². The SMILES string of the molecule is COC(=O)c1ncn(-c2cccc(OC)c2C(C)O)n1. The third-order valence-electron chi connectivity index (χ3n) is 2.79. The van der Waals surface area contributed by atoms with Gasteiger partial charge in [-0.1, -0.05) is 6.07 Å². The second-order valence-corrected chi connectivity index (χ2v) is 4.07. The van der Waals surface area contributed by atoms with Crippen molar-refractivity contribution in [3.8, 4) is 11.4 Å². The predicted octanol–water partition coefficient (Wildman–Crippen LogP) is 1.12. The molecule has 0 bridgehead atoms. The number of aliphatic hydroxyl groups is 1. The zero-order valence-corrected chi connectivity index (χ0v) is 11.4. The third-order valence-corrected chi connectivity index (χ3v) is 2.79. The van der Waals surface area contributed by atoms with Gasteiger partial charge in [0.2, 0.25) is 0 Å². The number of benzene rings is 1. The zero-order chi connectivity index (χ0) is 14.7. The van der Waals surface area contributed by atoms with Crippen LogP contribution in [0.15, 0.2) is 24.5 Å². The minimum absolute atomic E-state index is 0.0492. The molecule has 0 aliphatic carbocycles. The molecule has 0 radical (unpaired) electrons. The minimum Gasteiger partial charge on any atom is -0.496 e. The van der Waals surface area contributed by atoms with E-state index in [0.29, 0.717) is 17.0 Å². The van der Waals surface area contributed by atoms with Crippen LogP contribution in [0, 0.1) is 0 Å². The number of hydrogen-bond acceptors (Lipinski definition) is 6. The number of aromatic nitrogens is 3. The van der Waals surface area contributed by atoms with Crippen LogP contribution in [0.25, 0.3) is 5.69 Å². The summed E-state index contributed by atoms with van der Waals surface area (Å²) in [4.78, 5) is 15.2. The van der Waals surface area contributed by atoms with E-state index in [2.05, 4.69) is 14.8 Å². The number of hydrogen-bond donors (Lipinski definition) is 1. The molecule has 0 saturated carbocycles. The average molecular weight is 277 g/mol. The molecule has 2 aromatic rings. The topological polar surface area (TPSA) is 86.5 Å². The standard InChI is InChI=1S/C13H15N3O4/c1-8(17)11-9(5-4-6-10(11)19-2)16-7-14-12(15-16)13(18)20-3/h4-8,17H,1-3H3. The second-order valence-electron chi connectivity index (χ2n) is 4.07. The number of rotatable bonds is 4. The Morgan fingerprint density at radius 1 is 1.40 bits per heavy atom. The van der Waals surface area contributed by atoms with Gasteiger partial charge in [-0.25, -0.2) is 14.5 Å². The molecule has 2 rings (SSSR count). The average Bonchev–Trinajstić information content (AvgIpc) is 2.95. The van der Waals surface area contributed by atoms with E-state index in [1.807, 2.05) is 0 Å². The van der Waals surface area contributed by atoms with Gasteiger partial charge in [-0.15, -0.1) is 5.10 Å². The first-order valence-corrected chi connectivity index (χ1v) is 5.93. The number of methoxy groups -OCH3 is 2. The molecule has 0 aliphatic rings. The Morgan fingerprint density at radius 2 is 2.15 bits per heavy atom. The lowest BCUT2D eigenvalue weighted by molar-refractivity contribution is 0.0587. The Labute approximate surface area is 115 Å². The van der Waals surface area contributed by atoms with Crippen molar-refractivity contribution in [2.24, 2.45) is 0 Å². The normalized spacial score (nSPS) is 12.0. The van der Waals surface area contributed by atoms with E-state index in [-0.39, 0.29) is 5.82 Å². The van der Waals surface area contributed by atoms with E-state index < -0.39 is 12.1 Å². The van der Waals surface area contributed by atoms with Crippen LogP contribution in [0.5, 0.6) is 5.75 Å². The number of nitrogens with zero attached hydrogens (tertiary/aromatic N) is 3. The van der Waals surface area contributed by atoms with Gasteiger partial charge in [-0.05, 0) is 19.1 Å². The Morgan fingerprint density at radius 3 is 2.75 bits per heavy atom. The monoisotopic (exact) mass is 277 g/mol. The number of carbonyl (C=O) groups excluding carboxylic acids is 1. The van der Waals surface area contributed by atoms with Crippen molar-refractivity contribution >= 4 is 5.97 Å². The van der Waals surface area contributed by atoms with Crippen molar-refractivity contribution in [3.05, 3.63) is 35.9 Å². The zero-order valence-electron chi connectivity index (χ0n) is 11.4. The van der Waals surface area contributed by atoms with Crippen LogP contribution < -0.4 is 4.74 Å². The summed E-state index contributed by atoms with van der Waals surface area (Å²) in [6, 6.07) is 5.25. The van der Waals surface area contributed by atoms with Gasteiger partial charge in [0.1, 0.15) is 12.1 Å². The number of carbonyl (C=O) groups is 1. The second kappa shape index (κ2) is 5.70. The Kier molecular flexibility index (Phi) is 3.99. The molecule has 1 aromatic carbocycles. The van der Waals surface area contributed by atoms with E-state index in [9.17, 15) is 9.90 Å². The highest BCUT2D eigenvalue weighted by molar-refractivity contribution is 5.84. The fourth-order valence-corrected chi connectivity index (χ4v) is 1.89. The smallest absolute Gasteiger partial charge is 0.377 e. The highest BCUT2D eigenvalue weighted by Crippen LogP contribution is 2.30. The molecule has 0 spiro atoms. The van der Waals surface area contributed by atoms with Crippen LogP contribution >= 0.6 is 0 Å². The molecule has 7 heteroatoms. The summed E-state index contributed by atoms with van der Waals surface area (Å²) in [7, 11) is 2.78. The summed E-state index contributed by atoms with van der Waals surface area (Å²) >= 11 is 0. The van der Waals surface area contributed by atoms with Gasteiger partial charge < -0.3 is 14.6 Å². The van der Waals surface area contributed by atoms with Crippen LogP contribution in [0.2, 0.25) is 0 Å². The van der Waals surface area contributed by atoms with Crippen molar-refractivity contribution < 1.29 is 19.4 Å². The van der Waals surface area contributed by atoms with Crippen molar-refractivity contribution in [1.29, 1.82) is 0 Å². The molecular weight excluding hydrogens is 262 g/mol. The van der Waals surface area contributed by atoms with Crippen LogP contribution in [-0.2, 0) is 4.74 Å². The number of aliphatic hydroxyl groups excluding tert-OH is 1. The molecule has 1 atom stereocenters. The third kappa shape index (κ3) is 2.48. The van der Waals surface area contributed by atoms with E-state index >= 15 is 0 Å². The predicted molar refractivity (Wildman–Crippen MR) is 69.9 cm³/mol. The molecule has 0 aliphatic heterocycles. The molecule has 20 heavy (non-hydrogen) atoms. The summed E-state index contributed by atoms with van der Waals surface area (Å²) in [5.74, 6) is -0.135. The summed E-state index contributed by atoms with van der Waals surface area (Å²) in [6.07, 6.45) is 0.624. The van der Waals surface area contributed by atoms with E-state index in [1.54, 1.807) is 25.1 Å². The largest absolute Gasteiger partial charge is 0.496 e. The van der Waals surface area contributed by atoms with Gasteiger partial charge in [0.25, 0.3) is 5.82 Å². The summed E-state index contributed by atoms with van der Waals surface area (Å²) in [6.45, 7) is 1.62. The van der Waals surface area contributed by atoms with E-state index in [4.69, 9.17) is 4.74 Å². The van der Waals surface area contributed by atoms with E-state index in [1.165, 1.54) is 25.2 Å². The fraction of sp³-hybridized carbons (Fsp3) is 0.308. The van der Waals surface area contributed by atoms with E-state index in [0.717, 1.165) is 0 Å². The first-order chi connectivity index (χ1) is 9.58. The van der Waals surface area contributed by atoms with Crippen molar-refractivity contribution in [2.45, 2.75) is 13.0 Å². The van der Waals surface area contributed by atoms with Gasteiger partial charge in [-0.2, -0.15) is 0 Å². The molecule has 1 heterocycles. The molecule has 1 N–H and O–H groups in total. The highest BCUT2D eigenvalue weighted by atomic mass is 16.5. The fourth-order valence-electron chi connectivity index (χ4n) is 1.89. The Hall–Kier alpha value is -2.41. The Bertz CT molecular complexity index is 622. The van der Waals surface area contributed by atoms with Crippen LogP contribution in [0.4, 0.5) is 0 Å². The number of esters is 1. The molecular formula is C13H15N3O4. The maximum absolute atomic E-state index is 11.4. The maximum Gasteiger partial charge on any atom is 0.377 e. The molecule has 0 saturated heterocycles. The van der Waals surface area contributed by atoms with Crippen molar-refractivity contribution in [3.63, 3.8) is 0 Å². The van der Waals surface area contributed by atoms with Crippen LogP contribution in [0.1, 0.15) is 29.2 Å². The Balaban J connectivity index is 2.52. The molecule has 106 valence electrons. The lowest BCUT2D eigenvalue weighted by Gasteiger charge is -2.15. The molecule has 1 aromatic heterocycles. The summed E-state index contributed by atoms with van der Waals surface area (Å²) < 4.78 is 11.2. The van der Waals surface area contributed by atoms with Gasteiger partial charge in [0.05, 0.1) is 26.0 Å². The lowest BCUT2D eigenvalue weighted by atomic mass is 10.1. The van der Waals surface area contributed by atoms with Crippen LogP contribution in [0.3, 0.4) is 0 Å². The first kappa shape index (κ1) is 14.0. The van der Waals surface area contributed by atoms with Gasteiger partial charge >= 0.3 is 5.97 Å². The highest BCUT2D eigenvalue weighted by Gasteiger charge is 2.18. The van der Waals surface area contributed by atoms with Gasteiger partial charge in [0, 0.05) is 5.56 Å². The maximum atomic E-state index is 11.4. The minimum atomic E-state index is -0.757. The molecule has 0 fully saturated rings. The summed E-state index contributed by atoms with van der Waals surface area (Å²) in [5.41, 5.74) is 1.15. The summed E-state index contributed by atoms with van der Waals surface area (Å²) in [5, 5.41) is 13.9. The number of ether oxygens (including phenoxy) is 2. The first-order valence-electron chi connectivity index (χ1n) is 5.93. The lowest BCUT2D eigenvalue weighted by Crippen LogP contribution is -2.08.